The smallest absolute Gasteiger partial charge is 0.309 e. The molecule has 162 valence electrons. The summed E-state index contributed by atoms with van der Waals surface area (Å²) in [6.45, 7) is 7.68. The van der Waals surface area contributed by atoms with Crippen molar-refractivity contribution in [3.8, 4) is 5.75 Å². The Balaban J connectivity index is 1.34. The molecule has 1 aromatic carbocycles. The molecule has 7 nitrogen and oxygen atoms in total. The third kappa shape index (κ3) is 6.10. The van der Waals surface area contributed by atoms with Crippen molar-refractivity contribution in [2.75, 3.05) is 26.7 Å². The number of hydrogen-bond donors (Lipinski definition) is 2. The number of methoxy groups -OCH3 is 1. The Morgan fingerprint density at radius 1 is 1.10 bits per heavy atom. The number of carbonyl (C=O) groups excluding carboxylic acids is 2. The molecule has 1 fully saturated rings. The summed E-state index contributed by atoms with van der Waals surface area (Å²) in [6, 6.07) is 9.46. The van der Waals surface area contributed by atoms with Gasteiger partial charge in [0.2, 0.25) is 0 Å². The van der Waals surface area contributed by atoms with Gasteiger partial charge in [0.25, 0.3) is 0 Å². The molecule has 7 heteroatoms. The zero-order chi connectivity index (χ0) is 21.5. The molecule has 30 heavy (non-hydrogen) atoms. The molecule has 3 rings (SSSR count). The van der Waals surface area contributed by atoms with Crippen LogP contribution in [0.1, 0.15) is 35.5 Å². The number of nitrogens with zero attached hydrogens (tertiary/aromatic N) is 1. The molecule has 0 spiro atoms. The largest absolute Gasteiger partial charge is 0.497 e. The van der Waals surface area contributed by atoms with Gasteiger partial charge in [0.1, 0.15) is 17.3 Å². The predicted octanol–water partition coefficient (Wildman–Crippen LogP) is 2.55. The highest BCUT2D eigenvalue weighted by atomic mass is 16.5. The van der Waals surface area contributed by atoms with Crippen LogP contribution in [0, 0.1) is 19.8 Å². The molecular formula is C23H31N3O4. The van der Waals surface area contributed by atoms with Gasteiger partial charge in [-0.05, 0) is 69.5 Å². The molecule has 0 radical (unpaired) electrons. The zero-order valence-electron chi connectivity index (χ0n) is 18.0. The normalized spacial score (nSPS) is 15.0. The fourth-order valence-corrected chi connectivity index (χ4v) is 3.75. The third-order valence-electron chi connectivity index (χ3n) is 5.61. The number of likely N-dealkylation sites (tertiary alicyclic amines) is 1. The van der Waals surface area contributed by atoms with Crippen LogP contribution in [0.3, 0.4) is 0 Å². The monoisotopic (exact) mass is 413 g/mol. The van der Waals surface area contributed by atoms with Crippen molar-refractivity contribution in [2.45, 2.75) is 39.8 Å². The molecule has 0 unspecified atom stereocenters. The number of piperidine rings is 1. The fraction of sp³-hybridized carbons (Fsp3) is 0.478. The number of nitrogens with one attached hydrogen (secondary N) is 2. The first-order valence-electron chi connectivity index (χ1n) is 10.4. The van der Waals surface area contributed by atoms with Gasteiger partial charge >= 0.3 is 11.8 Å². The lowest BCUT2D eigenvalue weighted by molar-refractivity contribution is -0.139. The van der Waals surface area contributed by atoms with Gasteiger partial charge in [-0.2, -0.15) is 0 Å². The molecule has 0 aliphatic carbocycles. The molecule has 0 atom stereocenters. The number of ether oxygens (including phenoxy) is 1. The van der Waals surface area contributed by atoms with Gasteiger partial charge in [-0.3, -0.25) is 14.5 Å². The summed E-state index contributed by atoms with van der Waals surface area (Å²) in [5.41, 5.74) is 2.15. The van der Waals surface area contributed by atoms with Crippen LogP contribution in [0.5, 0.6) is 5.75 Å². The number of rotatable bonds is 7. The summed E-state index contributed by atoms with van der Waals surface area (Å²) < 4.78 is 10.7. The van der Waals surface area contributed by atoms with Crippen molar-refractivity contribution in [3.05, 3.63) is 53.0 Å². The highest BCUT2D eigenvalue weighted by Gasteiger charge is 2.22. The van der Waals surface area contributed by atoms with Crippen LogP contribution < -0.4 is 15.4 Å². The summed E-state index contributed by atoms with van der Waals surface area (Å²) in [4.78, 5) is 26.5. The fourth-order valence-electron chi connectivity index (χ4n) is 3.75. The Hall–Kier alpha value is -2.80. The predicted molar refractivity (Wildman–Crippen MR) is 114 cm³/mol. The number of hydrogen-bond acceptors (Lipinski definition) is 5. The highest BCUT2D eigenvalue weighted by Crippen LogP contribution is 2.21. The third-order valence-corrected chi connectivity index (χ3v) is 5.61. The standard InChI is InChI=1S/C23H31N3O4/c1-16-12-20(17(2)30-16)15-26-10-8-19(9-11-26)14-25-23(28)22(27)24-13-18-4-6-21(29-3)7-5-18/h4-7,12,19H,8-11,13-15H2,1-3H3,(H,24,27)(H,25,28). The van der Waals surface area contributed by atoms with Crippen molar-refractivity contribution < 1.29 is 18.7 Å². The summed E-state index contributed by atoms with van der Waals surface area (Å²) in [7, 11) is 1.60. The van der Waals surface area contributed by atoms with Crippen molar-refractivity contribution in [1.29, 1.82) is 0 Å². The second kappa shape index (κ2) is 10.3. The average Bonchev–Trinajstić information content (AvgIpc) is 3.08. The van der Waals surface area contributed by atoms with Gasteiger partial charge in [-0.15, -0.1) is 0 Å². The molecule has 1 aromatic heterocycles. The number of benzene rings is 1. The second-order valence-corrected chi connectivity index (χ2v) is 7.90. The molecule has 1 aliphatic rings. The molecule has 1 saturated heterocycles. The quantitative estimate of drug-likeness (QED) is 0.682. The average molecular weight is 414 g/mol. The lowest BCUT2D eigenvalue weighted by atomic mass is 9.96. The lowest BCUT2D eigenvalue weighted by Crippen LogP contribution is -2.43. The van der Waals surface area contributed by atoms with Crippen LogP contribution >= 0.6 is 0 Å². The van der Waals surface area contributed by atoms with Gasteiger partial charge < -0.3 is 19.8 Å². The molecule has 2 aromatic rings. The number of furan rings is 1. The minimum Gasteiger partial charge on any atom is -0.497 e. The molecule has 1 aliphatic heterocycles. The maximum Gasteiger partial charge on any atom is 0.309 e. The first kappa shape index (κ1) is 21.9. The maximum absolute atomic E-state index is 12.1. The van der Waals surface area contributed by atoms with E-state index < -0.39 is 11.8 Å². The Morgan fingerprint density at radius 2 is 1.77 bits per heavy atom. The second-order valence-electron chi connectivity index (χ2n) is 7.90. The van der Waals surface area contributed by atoms with Crippen molar-refractivity contribution >= 4 is 11.8 Å². The maximum atomic E-state index is 12.1. The van der Waals surface area contributed by atoms with Crippen molar-refractivity contribution in [3.63, 3.8) is 0 Å². The topological polar surface area (TPSA) is 83.8 Å². The van der Waals surface area contributed by atoms with Crippen LogP contribution in [0.15, 0.2) is 34.7 Å². The first-order chi connectivity index (χ1) is 14.4. The van der Waals surface area contributed by atoms with Gasteiger partial charge in [0.15, 0.2) is 0 Å². The van der Waals surface area contributed by atoms with Gasteiger partial charge in [-0.1, -0.05) is 12.1 Å². The summed E-state index contributed by atoms with van der Waals surface area (Å²) in [5.74, 6) is 1.91. The van der Waals surface area contributed by atoms with Crippen molar-refractivity contribution in [2.24, 2.45) is 5.92 Å². The van der Waals surface area contributed by atoms with E-state index in [1.807, 2.05) is 38.1 Å². The zero-order valence-corrected chi connectivity index (χ0v) is 18.0. The van der Waals surface area contributed by atoms with Crippen LogP contribution in [0.4, 0.5) is 0 Å². The van der Waals surface area contributed by atoms with E-state index in [2.05, 4.69) is 21.6 Å². The SMILES string of the molecule is COc1ccc(CNC(=O)C(=O)NCC2CCN(Cc3cc(C)oc3C)CC2)cc1. The Labute approximate surface area is 177 Å². The number of aryl methyl sites for hydroxylation is 2. The summed E-state index contributed by atoms with van der Waals surface area (Å²) in [5, 5.41) is 5.44. The molecule has 0 saturated carbocycles. The Bertz CT molecular complexity index is 852. The number of carbonyl (C=O) groups is 2. The van der Waals surface area contributed by atoms with E-state index in [9.17, 15) is 9.59 Å². The summed E-state index contributed by atoms with van der Waals surface area (Å²) in [6.07, 6.45) is 2.01. The van der Waals surface area contributed by atoms with Crippen LogP contribution in [-0.2, 0) is 22.7 Å². The Kier molecular flexibility index (Phi) is 7.52. The lowest BCUT2D eigenvalue weighted by Gasteiger charge is -2.31. The van der Waals surface area contributed by atoms with E-state index >= 15 is 0 Å². The van der Waals surface area contributed by atoms with Gasteiger partial charge in [0, 0.05) is 25.2 Å². The van der Waals surface area contributed by atoms with Crippen LogP contribution in [0.25, 0.3) is 0 Å². The van der Waals surface area contributed by atoms with E-state index in [0.29, 0.717) is 19.0 Å². The molecular weight excluding hydrogens is 382 g/mol. The molecule has 2 amide bonds. The minimum atomic E-state index is -0.603. The van der Waals surface area contributed by atoms with Gasteiger partial charge in [-0.25, -0.2) is 0 Å². The van der Waals surface area contributed by atoms with Crippen LogP contribution in [0.2, 0.25) is 0 Å². The molecule has 0 bridgehead atoms. The van der Waals surface area contributed by atoms with E-state index in [-0.39, 0.29) is 0 Å². The minimum absolute atomic E-state index is 0.307. The van der Waals surface area contributed by atoms with E-state index in [4.69, 9.17) is 9.15 Å². The molecule has 2 heterocycles. The summed E-state index contributed by atoms with van der Waals surface area (Å²) >= 11 is 0. The molecule has 2 N–H and O–H groups in total. The van der Waals surface area contributed by atoms with Gasteiger partial charge in [0.05, 0.1) is 7.11 Å². The number of amides is 2. The highest BCUT2D eigenvalue weighted by molar-refractivity contribution is 6.35. The van der Waals surface area contributed by atoms with E-state index in [0.717, 1.165) is 55.3 Å². The van der Waals surface area contributed by atoms with Crippen LogP contribution in [-0.4, -0.2) is 43.5 Å². The van der Waals surface area contributed by atoms with Crippen molar-refractivity contribution in [1.82, 2.24) is 15.5 Å². The van der Waals surface area contributed by atoms with E-state index in [1.165, 1.54) is 5.56 Å². The van der Waals surface area contributed by atoms with E-state index in [1.54, 1.807) is 7.11 Å². The Morgan fingerprint density at radius 3 is 2.37 bits per heavy atom. The first-order valence-corrected chi connectivity index (χ1v) is 10.4.